The van der Waals surface area contributed by atoms with Crippen LogP contribution in [0.25, 0.3) is 10.1 Å². The number of halogens is 1. The molecule has 1 saturated heterocycles. The first-order valence-corrected chi connectivity index (χ1v) is 10.5. The Hall–Kier alpha value is -1.96. The molecular formula is C20H24ClN5OS. The van der Waals surface area contributed by atoms with Crippen LogP contribution in [0, 0.1) is 0 Å². The Balaban J connectivity index is 0.00000192. The van der Waals surface area contributed by atoms with E-state index < -0.39 is 0 Å². The fourth-order valence-corrected chi connectivity index (χ4v) is 5.21. The van der Waals surface area contributed by atoms with Crippen LogP contribution in [0.2, 0.25) is 0 Å². The maximum atomic E-state index is 12.8. The van der Waals surface area contributed by atoms with Crippen LogP contribution in [0.1, 0.15) is 36.0 Å². The molecule has 3 aromatic rings. The number of rotatable bonds is 3. The van der Waals surface area contributed by atoms with Gasteiger partial charge in [-0.25, -0.2) is 0 Å². The van der Waals surface area contributed by atoms with Crippen LogP contribution >= 0.6 is 23.7 Å². The Morgan fingerprint density at radius 1 is 1.18 bits per heavy atom. The molecule has 2 aromatic heterocycles. The summed E-state index contributed by atoms with van der Waals surface area (Å²) >= 11 is 1.72. The zero-order valence-electron chi connectivity index (χ0n) is 15.6. The van der Waals surface area contributed by atoms with Crippen molar-refractivity contribution in [3.05, 3.63) is 46.9 Å². The molecule has 4 heterocycles. The number of hydrogen-bond acceptors (Lipinski definition) is 5. The number of benzene rings is 1. The van der Waals surface area contributed by atoms with Gasteiger partial charge in [0.1, 0.15) is 11.6 Å². The standard InChI is InChI=1S/C20H23N5OS.ClH/c26-19(11-15-13-27-17-4-2-1-3-16(15)17)24-8-5-14(6-9-24)20-23-22-18-12-21-7-10-25(18)20;/h1-4,13-14,21H,5-12H2;1H. The fraction of sp³-hybridized carbons (Fsp3) is 0.450. The summed E-state index contributed by atoms with van der Waals surface area (Å²) < 4.78 is 3.53. The number of amides is 1. The molecule has 0 aliphatic carbocycles. The van der Waals surface area contributed by atoms with Gasteiger partial charge in [0, 0.05) is 36.8 Å². The van der Waals surface area contributed by atoms with Crippen molar-refractivity contribution in [3.8, 4) is 0 Å². The van der Waals surface area contributed by atoms with E-state index in [1.807, 2.05) is 11.0 Å². The quantitative estimate of drug-likeness (QED) is 0.711. The van der Waals surface area contributed by atoms with E-state index in [0.29, 0.717) is 12.3 Å². The summed E-state index contributed by atoms with van der Waals surface area (Å²) in [6, 6.07) is 8.33. The predicted molar refractivity (Wildman–Crippen MR) is 113 cm³/mol. The first-order valence-electron chi connectivity index (χ1n) is 9.65. The molecule has 1 amide bonds. The summed E-state index contributed by atoms with van der Waals surface area (Å²) in [7, 11) is 0. The number of carbonyl (C=O) groups is 1. The van der Waals surface area contributed by atoms with Gasteiger partial charge in [-0.15, -0.1) is 33.9 Å². The van der Waals surface area contributed by atoms with Crippen molar-refractivity contribution in [1.29, 1.82) is 0 Å². The predicted octanol–water partition coefficient (Wildman–Crippen LogP) is 2.97. The average molecular weight is 418 g/mol. The van der Waals surface area contributed by atoms with Gasteiger partial charge in [0.05, 0.1) is 13.0 Å². The number of aromatic nitrogens is 3. The van der Waals surface area contributed by atoms with Crippen molar-refractivity contribution in [2.75, 3.05) is 19.6 Å². The van der Waals surface area contributed by atoms with Crippen LogP contribution in [-0.4, -0.2) is 45.2 Å². The number of carbonyl (C=O) groups excluding carboxylic acids is 1. The smallest absolute Gasteiger partial charge is 0.227 e. The molecule has 0 saturated carbocycles. The van der Waals surface area contributed by atoms with E-state index in [9.17, 15) is 4.79 Å². The summed E-state index contributed by atoms with van der Waals surface area (Å²) in [6.07, 6.45) is 2.45. The molecule has 0 unspecified atom stereocenters. The maximum absolute atomic E-state index is 12.8. The highest BCUT2D eigenvalue weighted by molar-refractivity contribution is 7.17. The second kappa shape index (κ2) is 8.19. The minimum absolute atomic E-state index is 0. The van der Waals surface area contributed by atoms with Crippen molar-refractivity contribution in [3.63, 3.8) is 0 Å². The molecular weight excluding hydrogens is 394 g/mol. The minimum Gasteiger partial charge on any atom is -0.342 e. The van der Waals surface area contributed by atoms with Gasteiger partial charge in [0.15, 0.2) is 0 Å². The van der Waals surface area contributed by atoms with Crippen molar-refractivity contribution in [2.24, 2.45) is 0 Å². The van der Waals surface area contributed by atoms with Gasteiger partial charge >= 0.3 is 0 Å². The van der Waals surface area contributed by atoms with Crippen LogP contribution in [0.4, 0.5) is 0 Å². The first-order chi connectivity index (χ1) is 13.3. The number of fused-ring (bicyclic) bond motifs is 2. The van der Waals surface area contributed by atoms with Gasteiger partial charge in [-0.3, -0.25) is 4.79 Å². The molecule has 1 aromatic carbocycles. The largest absolute Gasteiger partial charge is 0.342 e. The molecule has 2 aliphatic rings. The molecule has 0 radical (unpaired) electrons. The third kappa shape index (κ3) is 3.54. The molecule has 0 atom stereocenters. The van der Waals surface area contributed by atoms with Gasteiger partial charge < -0.3 is 14.8 Å². The molecule has 148 valence electrons. The lowest BCUT2D eigenvalue weighted by Gasteiger charge is -2.32. The Morgan fingerprint density at radius 3 is 2.86 bits per heavy atom. The normalized spacial score (nSPS) is 17.4. The topological polar surface area (TPSA) is 63.1 Å². The molecule has 2 aliphatic heterocycles. The second-order valence-corrected chi connectivity index (χ2v) is 8.30. The Kier molecular flexibility index (Phi) is 5.66. The number of piperidine rings is 1. The summed E-state index contributed by atoms with van der Waals surface area (Å²) in [4.78, 5) is 14.8. The number of nitrogens with zero attached hydrogens (tertiary/aromatic N) is 4. The molecule has 1 N–H and O–H groups in total. The van der Waals surface area contributed by atoms with E-state index in [-0.39, 0.29) is 18.3 Å². The average Bonchev–Trinajstić information content (AvgIpc) is 3.33. The minimum atomic E-state index is 0. The van der Waals surface area contributed by atoms with E-state index in [0.717, 1.165) is 62.8 Å². The monoisotopic (exact) mass is 417 g/mol. The SMILES string of the molecule is Cl.O=C(Cc1csc2ccccc12)N1CCC(c2nnc3n2CCNC3)CC1. The molecule has 1 fully saturated rings. The summed E-state index contributed by atoms with van der Waals surface area (Å²) in [5.74, 6) is 2.81. The van der Waals surface area contributed by atoms with E-state index in [1.54, 1.807) is 11.3 Å². The van der Waals surface area contributed by atoms with Gasteiger partial charge in [-0.1, -0.05) is 18.2 Å². The first kappa shape index (κ1) is 19.4. The summed E-state index contributed by atoms with van der Waals surface area (Å²) in [5, 5.41) is 15.5. The maximum Gasteiger partial charge on any atom is 0.227 e. The number of hydrogen-bond donors (Lipinski definition) is 1. The van der Waals surface area contributed by atoms with Crippen LogP contribution in [0.15, 0.2) is 29.6 Å². The Morgan fingerprint density at radius 2 is 2.00 bits per heavy atom. The van der Waals surface area contributed by atoms with Crippen molar-refractivity contribution >= 4 is 39.7 Å². The third-order valence-electron chi connectivity index (χ3n) is 5.77. The Labute approximate surface area is 174 Å². The summed E-state index contributed by atoms with van der Waals surface area (Å²) in [5.41, 5.74) is 1.15. The lowest BCUT2D eigenvalue weighted by molar-refractivity contribution is -0.131. The lowest BCUT2D eigenvalue weighted by atomic mass is 9.95. The second-order valence-electron chi connectivity index (χ2n) is 7.39. The fourth-order valence-electron chi connectivity index (χ4n) is 4.25. The third-order valence-corrected chi connectivity index (χ3v) is 6.78. The van der Waals surface area contributed by atoms with Crippen LogP contribution in [0.5, 0.6) is 0 Å². The van der Waals surface area contributed by atoms with E-state index in [4.69, 9.17) is 0 Å². The van der Waals surface area contributed by atoms with Crippen molar-refractivity contribution < 1.29 is 4.79 Å². The highest BCUT2D eigenvalue weighted by Gasteiger charge is 2.28. The zero-order chi connectivity index (χ0) is 18.2. The van der Waals surface area contributed by atoms with Crippen molar-refractivity contribution in [2.45, 2.75) is 38.3 Å². The molecule has 6 nitrogen and oxygen atoms in total. The van der Waals surface area contributed by atoms with E-state index in [2.05, 4.69) is 43.7 Å². The van der Waals surface area contributed by atoms with Gasteiger partial charge in [-0.2, -0.15) is 0 Å². The van der Waals surface area contributed by atoms with Crippen molar-refractivity contribution in [1.82, 2.24) is 25.0 Å². The highest BCUT2D eigenvalue weighted by Crippen LogP contribution is 2.30. The molecule has 5 rings (SSSR count). The van der Waals surface area contributed by atoms with Gasteiger partial charge in [0.25, 0.3) is 0 Å². The zero-order valence-corrected chi connectivity index (χ0v) is 17.3. The molecule has 28 heavy (non-hydrogen) atoms. The molecule has 8 heteroatoms. The highest BCUT2D eigenvalue weighted by atomic mass is 35.5. The Bertz CT molecular complexity index is 976. The number of nitrogens with one attached hydrogen (secondary N) is 1. The van der Waals surface area contributed by atoms with E-state index in [1.165, 1.54) is 10.1 Å². The van der Waals surface area contributed by atoms with Crippen LogP contribution in [0.3, 0.4) is 0 Å². The van der Waals surface area contributed by atoms with Crippen LogP contribution < -0.4 is 5.32 Å². The molecule has 0 bridgehead atoms. The van der Waals surface area contributed by atoms with Gasteiger partial charge in [0.2, 0.25) is 5.91 Å². The molecule has 0 spiro atoms. The summed E-state index contributed by atoms with van der Waals surface area (Å²) in [6.45, 7) is 4.35. The van der Waals surface area contributed by atoms with Gasteiger partial charge in [-0.05, 0) is 35.2 Å². The number of thiophene rings is 1. The lowest BCUT2D eigenvalue weighted by Crippen LogP contribution is -2.39. The number of likely N-dealkylation sites (tertiary alicyclic amines) is 1. The van der Waals surface area contributed by atoms with Crippen LogP contribution in [-0.2, 0) is 24.3 Å². The van der Waals surface area contributed by atoms with E-state index >= 15 is 0 Å².